The van der Waals surface area contributed by atoms with Crippen molar-refractivity contribution in [3.63, 3.8) is 0 Å². The van der Waals surface area contributed by atoms with Gasteiger partial charge >= 0.3 is 0 Å². The lowest BCUT2D eigenvalue weighted by Crippen LogP contribution is -2.55. The van der Waals surface area contributed by atoms with Crippen LogP contribution in [0.15, 0.2) is 10.7 Å². The number of nitrogens with two attached hydrogens (primary N) is 1. The summed E-state index contributed by atoms with van der Waals surface area (Å²) < 4.78 is 30.0. The molecular formula is C8H10F2N2O. The Morgan fingerprint density at radius 1 is 1.54 bits per heavy atom. The third kappa shape index (κ3) is 1.23. The Labute approximate surface area is 73.9 Å². The van der Waals surface area contributed by atoms with Gasteiger partial charge in [0.05, 0.1) is 11.7 Å². The number of hydrogen-bond acceptors (Lipinski definition) is 3. The van der Waals surface area contributed by atoms with Crippen molar-refractivity contribution < 1.29 is 13.3 Å². The molecule has 1 aromatic heterocycles. The van der Waals surface area contributed by atoms with E-state index in [-0.39, 0.29) is 12.8 Å². The molecule has 5 heteroatoms. The van der Waals surface area contributed by atoms with Crippen LogP contribution >= 0.6 is 0 Å². The van der Waals surface area contributed by atoms with E-state index in [0.29, 0.717) is 11.3 Å². The number of aromatic nitrogens is 1. The summed E-state index contributed by atoms with van der Waals surface area (Å²) in [7, 11) is 0. The van der Waals surface area contributed by atoms with Crippen molar-refractivity contribution in [2.75, 3.05) is 0 Å². The molecule has 2 N–H and O–H groups in total. The molecule has 0 aliphatic heterocycles. The quantitative estimate of drug-likeness (QED) is 0.727. The first-order valence-electron chi connectivity index (χ1n) is 4.01. The minimum atomic E-state index is -2.63. The van der Waals surface area contributed by atoms with Crippen LogP contribution < -0.4 is 5.73 Å². The summed E-state index contributed by atoms with van der Waals surface area (Å²) in [5.74, 6) is -2.10. The summed E-state index contributed by atoms with van der Waals surface area (Å²) in [6, 6.07) is 0. The molecular weight excluding hydrogens is 178 g/mol. The predicted molar refractivity (Wildman–Crippen MR) is 41.3 cm³/mol. The third-order valence-corrected chi connectivity index (χ3v) is 2.44. The van der Waals surface area contributed by atoms with Gasteiger partial charge in [0.25, 0.3) is 5.92 Å². The third-order valence-electron chi connectivity index (χ3n) is 2.44. The number of alkyl halides is 2. The second-order valence-corrected chi connectivity index (χ2v) is 3.66. The van der Waals surface area contributed by atoms with Gasteiger partial charge in [-0.1, -0.05) is 5.16 Å². The largest absolute Gasteiger partial charge is 0.361 e. The topological polar surface area (TPSA) is 52.0 Å². The molecule has 3 nitrogen and oxygen atoms in total. The van der Waals surface area contributed by atoms with Crippen LogP contribution in [0.2, 0.25) is 0 Å². The summed E-state index contributed by atoms with van der Waals surface area (Å²) in [5.41, 5.74) is 5.42. The van der Waals surface area contributed by atoms with Crippen molar-refractivity contribution in [1.82, 2.24) is 5.16 Å². The molecule has 0 atom stereocenters. The minimum Gasteiger partial charge on any atom is -0.361 e. The van der Waals surface area contributed by atoms with Crippen LogP contribution in [0.5, 0.6) is 0 Å². The maximum Gasteiger partial charge on any atom is 0.252 e. The normalized spacial score (nSPS) is 24.0. The summed E-state index contributed by atoms with van der Waals surface area (Å²) in [6.45, 7) is 1.67. The first kappa shape index (κ1) is 8.62. The van der Waals surface area contributed by atoms with Gasteiger partial charge in [-0.3, -0.25) is 0 Å². The lowest BCUT2D eigenvalue weighted by atomic mass is 9.70. The fourth-order valence-electron chi connectivity index (χ4n) is 1.84. The molecule has 0 unspecified atom stereocenters. The van der Waals surface area contributed by atoms with Gasteiger partial charge in [0.15, 0.2) is 0 Å². The molecule has 72 valence electrons. The van der Waals surface area contributed by atoms with Gasteiger partial charge in [-0.2, -0.15) is 0 Å². The van der Waals surface area contributed by atoms with Crippen LogP contribution in [-0.2, 0) is 5.54 Å². The molecule has 1 heterocycles. The Bertz CT molecular complexity index is 327. The average Bonchev–Trinajstić information content (AvgIpc) is 2.30. The van der Waals surface area contributed by atoms with Crippen molar-refractivity contribution >= 4 is 0 Å². The van der Waals surface area contributed by atoms with Crippen molar-refractivity contribution in [1.29, 1.82) is 0 Å². The van der Waals surface area contributed by atoms with Crippen LogP contribution in [-0.4, -0.2) is 11.1 Å². The van der Waals surface area contributed by atoms with Crippen molar-refractivity contribution in [2.24, 2.45) is 5.73 Å². The predicted octanol–water partition coefficient (Wildman–Crippen LogP) is 1.57. The standard InChI is InChI=1S/C8H10F2N2O/c1-5-6(2-12-13-5)7(11)3-8(9,10)4-7/h2H,3-4,11H2,1H3. The van der Waals surface area contributed by atoms with E-state index >= 15 is 0 Å². The molecule has 1 fully saturated rings. The zero-order chi connectivity index (χ0) is 9.69. The second-order valence-electron chi connectivity index (χ2n) is 3.66. The maximum absolute atomic E-state index is 12.6. The summed E-state index contributed by atoms with van der Waals surface area (Å²) in [6.07, 6.45) is 0.786. The molecule has 1 aromatic rings. The molecule has 0 spiro atoms. The van der Waals surface area contributed by atoms with E-state index < -0.39 is 11.5 Å². The Kier molecular flexibility index (Phi) is 1.52. The van der Waals surface area contributed by atoms with Gasteiger partial charge in [-0.25, -0.2) is 8.78 Å². The lowest BCUT2D eigenvalue weighted by molar-refractivity contribution is -0.125. The Balaban J connectivity index is 2.25. The fourth-order valence-corrected chi connectivity index (χ4v) is 1.84. The van der Waals surface area contributed by atoms with Crippen molar-refractivity contribution in [2.45, 2.75) is 31.2 Å². The number of halogens is 2. The molecule has 0 radical (unpaired) electrons. The number of aryl methyl sites for hydroxylation is 1. The van der Waals surface area contributed by atoms with Gasteiger partial charge in [0.1, 0.15) is 5.76 Å². The molecule has 0 saturated heterocycles. The van der Waals surface area contributed by atoms with Gasteiger partial charge in [0.2, 0.25) is 0 Å². The Morgan fingerprint density at radius 3 is 2.54 bits per heavy atom. The molecule has 0 amide bonds. The molecule has 1 aliphatic rings. The highest BCUT2D eigenvalue weighted by atomic mass is 19.3. The van der Waals surface area contributed by atoms with Gasteiger partial charge < -0.3 is 10.3 Å². The van der Waals surface area contributed by atoms with E-state index in [1.807, 2.05) is 0 Å². The first-order valence-corrected chi connectivity index (χ1v) is 4.01. The SMILES string of the molecule is Cc1oncc1C1(N)CC(F)(F)C1. The molecule has 2 rings (SSSR count). The average molecular weight is 188 g/mol. The van der Waals surface area contributed by atoms with E-state index in [9.17, 15) is 8.78 Å². The number of rotatable bonds is 1. The van der Waals surface area contributed by atoms with Crippen LogP contribution in [0.25, 0.3) is 0 Å². The first-order chi connectivity index (χ1) is 5.93. The second kappa shape index (κ2) is 2.29. The van der Waals surface area contributed by atoms with Gasteiger partial charge in [0, 0.05) is 18.4 Å². The van der Waals surface area contributed by atoms with E-state index in [1.54, 1.807) is 6.92 Å². The zero-order valence-corrected chi connectivity index (χ0v) is 7.18. The summed E-state index contributed by atoms with van der Waals surface area (Å²) in [5, 5.41) is 3.52. The Morgan fingerprint density at radius 2 is 2.15 bits per heavy atom. The highest BCUT2D eigenvalue weighted by Gasteiger charge is 2.56. The van der Waals surface area contributed by atoms with Gasteiger partial charge in [-0.15, -0.1) is 0 Å². The summed E-state index contributed by atoms with van der Waals surface area (Å²) in [4.78, 5) is 0. The van der Waals surface area contributed by atoms with Crippen molar-refractivity contribution in [3.8, 4) is 0 Å². The van der Waals surface area contributed by atoms with E-state index in [0.717, 1.165) is 0 Å². The van der Waals surface area contributed by atoms with Crippen molar-refractivity contribution in [3.05, 3.63) is 17.5 Å². The molecule has 1 saturated carbocycles. The molecule has 0 bridgehead atoms. The minimum absolute atomic E-state index is 0.317. The number of nitrogens with zero attached hydrogens (tertiary/aromatic N) is 1. The number of hydrogen-bond donors (Lipinski definition) is 1. The Hall–Kier alpha value is -0.970. The van der Waals surface area contributed by atoms with Crippen LogP contribution in [0, 0.1) is 6.92 Å². The smallest absolute Gasteiger partial charge is 0.252 e. The molecule has 0 aromatic carbocycles. The summed E-state index contributed by atoms with van der Waals surface area (Å²) >= 11 is 0. The maximum atomic E-state index is 12.6. The zero-order valence-electron chi connectivity index (χ0n) is 7.18. The van der Waals surface area contributed by atoms with E-state index in [4.69, 9.17) is 10.3 Å². The van der Waals surface area contributed by atoms with Crippen LogP contribution in [0.3, 0.4) is 0 Å². The van der Waals surface area contributed by atoms with E-state index in [2.05, 4.69) is 5.16 Å². The lowest BCUT2D eigenvalue weighted by Gasteiger charge is -2.43. The van der Waals surface area contributed by atoms with E-state index in [1.165, 1.54) is 6.20 Å². The highest BCUT2D eigenvalue weighted by molar-refractivity contribution is 5.28. The fraction of sp³-hybridized carbons (Fsp3) is 0.625. The highest BCUT2D eigenvalue weighted by Crippen LogP contribution is 2.50. The monoisotopic (exact) mass is 188 g/mol. The van der Waals surface area contributed by atoms with Crippen LogP contribution in [0.4, 0.5) is 8.78 Å². The molecule has 1 aliphatic carbocycles. The van der Waals surface area contributed by atoms with Gasteiger partial charge in [-0.05, 0) is 6.92 Å². The van der Waals surface area contributed by atoms with Crippen LogP contribution in [0.1, 0.15) is 24.2 Å². The molecule has 13 heavy (non-hydrogen) atoms.